The van der Waals surface area contributed by atoms with Crippen LogP contribution >= 0.6 is 0 Å². The van der Waals surface area contributed by atoms with Crippen LogP contribution in [0.2, 0.25) is 0 Å². The van der Waals surface area contributed by atoms with Crippen LogP contribution in [0.3, 0.4) is 0 Å². The summed E-state index contributed by atoms with van der Waals surface area (Å²) in [6, 6.07) is 3.41. The Bertz CT molecular complexity index is 1370. The molecule has 4 atom stereocenters. The van der Waals surface area contributed by atoms with Crippen LogP contribution in [0.25, 0.3) is 0 Å². The van der Waals surface area contributed by atoms with E-state index in [2.05, 4.69) is 5.10 Å². The van der Waals surface area contributed by atoms with E-state index in [1.807, 2.05) is 25.7 Å². The van der Waals surface area contributed by atoms with Crippen LogP contribution in [-0.4, -0.2) is 68.7 Å². The van der Waals surface area contributed by atoms with Gasteiger partial charge in [0.05, 0.1) is 41.7 Å². The lowest BCUT2D eigenvalue weighted by atomic mass is 9.91. The highest BCUT2D eigenvalue weighted by atomic mass is 19.4. The molecule has 4 unspecified atom stereocenters. The molecule has 4 heterocycles. The largest absolute Gasteiger partial charge is 0.433 e. The van der Waals surface area contributed by atoms with E-state index in [1.165, 1.54) is 10.8 Å². The molecule has 12 heteroatoms. The number of piperazine rings is 1. The maximum Gasteiger partial charge on any atom is 0.433 e. The molecule has 36 heavy (non-hydrogen) atoms. The van der Waals surface area contributed by atoms with E-state index in [4.69, 9.17) is 5.26 Å². The number of rotatable bonds is 3. The predicted molar refractivity (Wildman–Crippen MR) is 120 cm³/mol. The van der Waals surface area contributed by atoms with Gasteiger partial charge in [-0.3, -0.25) is 14.3 Å². The number of amides is 3. The highest BCUT2D eigenvalue weighted by Gasteiger charge is 2.73. The number of nitrogens with zero attached hydrogens (tertiary/aromatic N) is 6. The highest BCUT2D eigenvalue weighted by molar-refractivity contribution is 6.19. The molecule has 1 spiro atoms. The number of aromatic nitrogens is 2. The van der Waals surface area contributed by atoms with Gasteiger partial charge in [-0.1, -0.05) is 20.8 Å². The van der Waals surface area contributed by atoms with Gasteiger partial charge in [-0.15, -0.1) is 0 Å². The third-order valence-corrected chi connectivity index (χ3v) is 7.35. The van der Waals surface area contributed by atoms with E-state index in [-0.39, 0.29) is 36.6 Å². The molecule has 3 aliphatic rings. The lowest BCUT2D eigenvalue weighted by Crippen LogP contribution is -2.62. The van der Waals surface area contributed by atoms with E-state index < -0.39 is 45.8 Å². The summed E-state index contributed by atoms with van der Waals surface area (Å²) in [6.45, 7) is 6.48. The maximum atomic E-state index is 13.8. The number of urea groups is 1. The first-order chi connectivity index (χ1) is 16.7. The van der Waals surface area contributed by atoms with Gasteiger partial charge in [0.2, 0.25) is 5.78 Å². The number of carbonyl (C=O) groups excluding carboxylic acids is 3. The van der Waals surface area contributed by atoms with Gasteiger partial charge in [0.15, 0.2) is 12.1 Å². The quantitative estimate of drug-likeness (QED) is 0.364. The van der Waals surface area contributed by atoms with Crippen molar-refractivity contribution in [3.63, 3.8) is 0 Å². The summed E-state index contributed by atoms with van der Waals surface area (Å²) in [6.07, 6.45) is -4.84. The van der Waals surface area contributed by atoms with Crippen LogP contribution in [0.5, 0.6) is 0 Å². The van der Waals surface area contributed by atoms with Gasteiger partial charge >= 0.3 is 12.2 Å². The van der Waals surface area contributed by atoms with Crippen molar-refractivity contribution in [2.45, 2.75) is 44.4 Å². The standard InChI is InChI=1S/C24H24F3N6O3/c1-23(2,3)19-8-16(30(4)29-19)20(34)17-10-31-11-18-21(35)32(22(36)33(17,18)12-31)14-6-5-13(9-28)15(7-14)24(25,26)27/h5-8,17-18H,10-12H2,1-4H3/q+1. The van der Waals surface area contributed by atoms with Crippen LogP contribution in [-0.2, 0) is 23.4 Å². The van der Waals surface area contributed by atoms with Gasteiger partial charge < -0.3 is 0 Å². The summed E-state index contributed by atoms with van der Waals surface area (Å²) in [7, 11) is 1.64. The van der Waals surface area contributed by atoms with Crippen LogP contribution < -0.4 is 4.90 Å². The average molecular weight is 501 g/mol. The number of nitriles is 1. The normalized spacial score (nSPS) is 27.5. The van der Waals surface area contributed by atoms with Crippen LogP contribution in [0.15, 0.2) is 24.3 Å². The molecule has 3 amide bonds. The van der Waals surface area contributed by atoms with Crippen LogP contribution in [0.4, 0.5) is 23.7 Å². The molecule has 0 saturated carbocycles. The van der Waals surface area contributed by atoms with Crippen molar-refractivity contribution >= 4 is 23.4 Å². The summed E-state index contributed by atoms with van der Waals surface area (Å²) in [5.74, 6) is -0.996. The van der Waals surface area contributed by atoms with Crippen LogP contribution in [0, 0.1) is 11.3 Å². The second kappa shape index (κ2) is 7.47. The fourth-order valence-electron chi connectivity index (χ4n) is 5.52. The second-order valence-electron chi connectivity index (χ2n) is 10.6. The Hall–Kier alpha value is -3.56. The highest BCUT2D eigenvalue weighted by Crippen LogP contribution is 2.45. The number of quaternary nitrogens is 1. The SMILES string of the molecule is Cn1nc(C(C)(C)C)cc1C(=O)C1CN2CC3C(=O)N(c4ccc(C#N)c(C(F)(F)F)c4)C(=O)[N+]13C2. The number of imide groups is 1. The van der Waals surface area contributed by atoms with E-state index in [9.17, 15) is 27.6 Å². The molecule has 9 nitrogen and oxygen atoms in total. The molecule has 188 valence electrons. The Balaban J connectivity index is 1.55. The summed E-state index contributed by atoms with van der Waals surface area (Å²) >= 11 is 0. The molecule has 3 saturated heterocycles. The molecule has 3 aliphatic heterocycles. The summed E-state index contributed by atoms with van der Waals surface area (Å²) in [5, 5.41) is 13.5. The van der Waals surface area contributed by atoms with Gasteiger partial charge in [-0.25, -0.2) is 14.2 Å². The monoisotopic (exact) mass is 501 g/mol. The molecule has 0 radical (unpaired) electrons. The molecule has 2 aromatic rings. The number of fused-ring (bicyclic) bond motifs is 1. The molecule has 0 aliphatic carbocycles. The van der Waals surface area contributed by atoms with E-state index in [0.717, 1.165) is 17.0 Å². The van der Waals surface area contributed by atoms with Gasteiger partial charge in [-0.2, -0.15) is 28.4 Å². The van der Waals surface area contributed by atoms with Crippen molar-refractivity contribution in [1.82, 2.24) is 14.7 Å². The van der Waals surface area contributed by atoms with E-state index in [1.54, 1.807) is 13.1 Å². The van der Waals surface area contributed by atoms with E-state index >= 15 is 0 Å². The van der Waals surface area contributed by atoms with Crippen molar-refractivity contribution in [1.29, 1.82) is 5.26 Å². The van der Waals surface area contributed by atoms with Crippen molar-refractivity contribution in [2.24, 2.45) is 7.05 Å². The zero-order valence-electron chi connectivity index (χ0n) is 20.1. The number of halogens is 3. The van der Waals surface area contributed by atoms with Crippen molar-refractivity contribution in [3.05, 3.63) is 46.8 Å². The van der Waals surface area contributed by atoms with E-state index in [0.29, 0.717) is 17.5 Å². The maximum absolute atomic E-state index is 13.8. The second-order valence-corrected chi connectivity index (χ2v) is 10.6. The zero-order chi connectivity index (χ0) is 26.4. The molecule has 5 rings (SSSR count). The number of alkyl halides is 3. The minimum Gasteiger partial charge on any atom is -0.286 e. The molecular formula is C24H24F3N6O3+. The molecule has 2 bridgehead atoms. The lowest BCUT2D eigenvalue weighted by Gasteiger charge is -2.32. The Labute approximate surface area is 204 Å². The number of Topliss-reactive ketones (excluding diaryl/α,β-unsaturated/α-hetero) is 1. The molecule has 1 aromatic heterocycles. The Kier molecular flexibility index (Phi) is 5.01. The predicted octanol–water partition coefficient (Wildman–Crippen LogP) is 2.80. The fourth-order valence-corrected chi connectivity index (χ4v) is 5.52. The number of hydrogen-bond donors (Lipinski definition) is 0. The Morgan fingerprint density at radius 2 is 1.86 bits per heavy atom. The number of benzene rings is 1. The number of ketones is 1. The first-order valence-corrected chi connectivity index (χ1v) is 11.4. The average Bonchev–Trinajstić information content (AvgIpc) is 3.52. The van der Waals surface area contributed by atoms with Crippen molar-refractivity contribution in [3.8, 4) is 6.07 Å². The number of hydrogen-bond acceptors (Lipinski definition) is 6. The molecule has 1 aromatic carbocycles. The minimum atomic E-state index is -4.84. The minimum absolute atomic E-state index is 0.120. The third-order valence-electron chi connectivity index (χ3n) is 7.35. The number of anilines is 1. The molecule has 3 fully saturated rings. The Morgan fingerprint density at radius 3 is 2.44 bits per heavy atom. The van der Waals surface area contributed by atoms with Gasteiger partial charge in [0, 0.05) is 12.5 Å². The third kappa shape index (κ3) is 3.23. The fraction of sp³-hybridized carbons (Fsp3) is 0.458. The van der Waals surface area contributed by atoms with Gasteiger partial charge in [-0.05, 0) is 24.3 Å². The molecule has 0 N–H and O–H groups in total. The Morgan fingerprint density at radius 1 is 1.17 bits per heavy atom. The van der Waals surface area contributed by atoms with Crippen LogP contribution in [0.1, 0.15) is 48.1 Å². The zero-order valence-corrected chi connectivity index (χ0v) is 20.1. The number of aryl methyl sites for hydroxylation is 1. The van der Waals surface area contributed by atoms with Crippen molar-refractivity contribution < 1.29 is 32.0 Å². The summed E-state index contributed by atoms with van der Waals surface area (Å²) < 4.78 is 41.6. The summed E-state index contributed by atoms with van der Waals surface area (Å²) in [4.78, 5) is 43.5. The lowest BCUT2D eigenvalue weighted by molar-refractivity contribution is -0.852. The smallest absolute Gasteiger partial charge is 0.286 e. The molecular weight excluding hydrogens is 477 g/mol. The summed E-state index contributed by atoms with van der Waals surface area (Å²) in [5.41, 5.74) is -1.41. The first-order valence-electron chi connectivity index (χ1n) is 11.4. The topological polar surface area (TPSA) is 99.3 Å². The van der Waals surface area contributed by atoms with Gasteiger partial charge in [0.25, 0.3) is 5.91 Å². The van der Waals surface area contributed by atoms with Gasteiger partial charge in [0.1, 0.15) is 12.4 Å². The first kappa shape index (κ1) is 24.1. The van der Waals surface area contributed by atoms with Crippen molar-refractivity contribution in [2.75, 3.05) is 24.7 Å². The number of carbonyl (C=O) groups is 3.